The average Bonchev–Trinajstić information content (AvgIpc) is 3.22. The molecule has 11 heteroatoms. The monoisotopic (exact) mass is 526 g/mol. The predicted molar refractivity (Wildman–Crippen MR) is 121 cm³/mol. The van der Waals surface area contributed by atoms with Crippen LogP contribution in [0.4, 0.5) is 5.69 Å². The van der Waals surface area contributed by atoms with Crippen molar-refractivity contribution in [1.82, 2.24) is 4.31 Å². The fraction of sp³-hybridized carbons (Fsp3) is 0.333. The summed E-state index contributed by atoms with van der Waals surface area (Å²) >= 11 is 3.15. The summed E-state index contributed by atoms with van der Waals surface area (Å²) in [6.07, 6.45) is 5.14. The Morgan fingerprint density at radius 1 is 1.19 bits per heavy atom. The number of sulfonamides is 1. The molecular formula is C21H23BrN2O7S. The second-order valence-corrected chi connectivity index (χ2v) is 9.65. The second kappa shape index (κ2) is 10.8. The molecule has 9 nitrogen and oxygen atoms in total. The van der Waals surface area contributed by atoms with E-state index in [1.807, 2.05) is 0 Å². The van der Waals surface area contributed by atoms with E-state index in [-0.39, 0.29) is 16.3 Å². The van der Waals surface area contributed by atoms with Crippen LogP contribution in [0.3, 0.4) is 0 Å². The number of nitrogens with zero attached hydrogens (tertiary/aromatic N) is 1. The maximum atomic E-state index is 13.1. The molecule has 1 fully saturated rings. The summed E-state index contributed by atoms with van der Waals surface area (Å²) in [5, 5.41) is 2.54. The molecule has 0 saturated carbocycles. The summed E-state index contributed by atoms with van der Waals surface area (Å²) in [5.74, 6) is -0.705. The number of esters is 1. The summed E-state index contributed by atoms with van der Waals surface area (Å²) in [4.78, 5) is 23.9. The fourth-order valence-corrected chi connectivity index (χ4v) is 5.17. The number of piperidine rings is 1. The molecule has 1 aromatic carbocycles. The van der Waals surface area contributed by atoms with Gasteiger partial charge in [-0.15, -0.1) is 0 Å². The zero-order chi connectivity index (χ0) is 23.1. The quantitative estimate of drug-likeness (QED) is 0.413. The number of nitrogens with one attached hydrogen (secondary N) is 1. The zero-order valence-corrected chi connectivity index (χ0v) is 19.8. The summed E-state index contributed by atoms with van der Waals surface area (Å²) in [5.41, 5.74) is 0.249. The highest BCUT2D eigenvalue weighted by Gasteiger charge is 2.29. The van der Waals surface area contributed by atoms with Crippen molar-refractivity contribution in [3.05, 3.63) is 46.8 Å². The Hall–Kier alpha value is -2.63. The minimum Gasteiger partial charge on any atom is -0.495 e. The van der Waals surface area contributed by atoms with Gasteiger partial charge in [-0.1, -0.05) is 6.42 Å². The Kier molecular flexibility index (Phi) is 8.10. The predicted octanol–water partition coefficient (Wildman–Crippen LogP) is 3.42. The van der Waals surface area contributed by atoms with E-state index in [0.29, 0.717) is 23.5 Å². The van der Waals surface area contributed by atoms with Crippen LogP contribution in [0.5, 0.6) is 5.75 Å². The summed E-state index contributed by atoms with van der Waals surface area (Å²) in [7, 11) is -2.38. The van der Waals surface area contributed by atoms with Gasteiger partial charge in [-0.3, -0.25) is 4.79 Å². The number of carbonyl (C=O) groups is 2. The van der Waals surface area contributed by atoms with Gasteiger partial charge in [-0.25, -0.2) is 13.2 Å². The molecule has 2 aromatic rings. The molecule has 1 aliphatic rings. The maximum Gasteiger partial charge on any atom is 0.331 e. The van der Waals surface area contributed by atoms with E-state index in [1.54, 1.807) is 12.1 Å². The van der Waals surface area contributed by atoms with Crippen molar-refractivity contribution in [2.24, 2.45) is 0 Å². The third-order valence-corrected chi connectivity index (χ3v) is 7.05. The number of amides is 1. The Morgan fingerprint density at radius 2 is 1.94 bits per heavy atom. The Bertz CT molecular complexity index is 1110. The summed E-state index contributed by atoms with van der Waals surface area (Å²) < 4.78 is 43.4. The molecule has 0 atom stereocenters. The molecule has 0 spiro atoms. The number of rotatable bonds is 8. The van der Waals surface area contributed by atoms with Crippen LogP contribution in [-0.2, 0) is 24.3 Å². The van der Waals surface area contributed by atoms with Crippen LogP contribution in [-0.4, -0.2) is 51.4 Å². The van der Waals surface area contributed by atoms with Crippen LogP contribution in [0.25, 0.3) is 6.08 Å². The summed E-state index contributed by atoms with van der Waals surface area (Å²) in [6.45, 7) is 0.353. The first kappa shape index (κ1) is 24.0. The van der Waals surface area contributed by atoms with Gasteiger partial charge >= 0.3 is 5.97 Å². The largest absolute Gasteiger partial charge is 0.495 e. The molecule has 0 radical (unpaired) electrons. The second-order valence-electron chi connectivity index (χ2n) is 6.96. The molecular weight excluding hydrogens is 504 g/mol. The molecule has 0 bridgehead atoms. The van der Waals surface area contributed by atoms with Crippen LogP contribution >= 0.6 is 15.9 Å². The van der Waals surface area contributed by atoms with Crippen molar-refractivity contribution in [3.8, 4) is 5.75 Å². The topological polar surface area (TPSA) is 115 Å². The van der Waals surface area contributed by atoms with Gasteiger partial charge in [0.05, 0.1) is 7.11 Å². The van der Waals surface area contributed by atoms with Crippen LogP contribution in [0.15, 0.2) is 50.4 Å². The fourth-order valence-electron chi connectivity index (χ4n) is 3.15. The van der Waals surface area contributed by atoms with Gasteiger partial charge in [-0.2, -0.15) is 4.31 Å². The normalized spacial score (nSPS) is 14.9. The lowest BCUT2D eigenvalue weighted by Crippen LogP contribution is -2.35. The van der Waals surface area contributed by atoms with Gasteiger partial charge in [0.1, 0.15) is 16.4 Å². The van der Waals surface area contributed by atoms with Crippen molar-refractivity contribution in [2.75, 3.05) is 32.1 Å². The number of halogens is 1. The van der Waals surface area contributed by atoms with E-state index >= 15 is 0 Å². The Morgan fingerprint density at radius 3 is 2.59 bits per heavy atom. The van der Waals surface area contributed by atoms with E-state index in [0.717, 1.165) is 25.3 Å². The van der Waals surface area contributed by atoms with Crippen molar-refractivity contribution >= 4 is 49.6 Å². The van der Waals surface area contributed by atoms with Crippen LogP contribution in [0.1, 0.15) is 25.0 Å². The van der Waals surface area contributed by atoms with Gasteiger partial charge in [0.15, 0.2) is 11.3 Å². The van der Waals surface area contributed by atoms with Gasteiger partial charge in [0, 0.05) is 24.9 Å². The van der Waals surface area contributed by atoms with Crippen LogP contribution in [0.2, 0.25) is 0 Å². The van der Waals surface area contributed by atoms with Crippen molar-refractivity contribution in [1.29, 1.82) is 0 Å². The maximum absolute atomic E-state index is 13.1. The smallest absolute Gasteiger partial charge is 0.331 e. The first-order chi connectivity index (χ1) is 15.3. The standard InChI is InChI=1S/C21H23BrN2O7S/c1-29-17-8-5-15(13-18(17)32(27,28)24-11-3-2-4-12-24)23-20(25)14-30-21(26)10-7-16-6-9-19(22)31-16/h5-10,13H,2-4,11-12,14H2,1H3,(H,23,25)/b10-7+. The highest BCUT2D eigenvalue weighted by molar-refractivity contribution is 9.10. The molecule has 0 unspecified atom stereocenters. The van der Waals surface area contributed by atoms with Gasteiger partial charge in [0.2, 0.25) is 10.0 Å². The molecule has 1 aromatic heterocycles. The molecule has 172 valence electrons. The van der Waals surface area contributed by atoms with E-state index < -0.39 is 28.5 Å². The first-order valence-corrected chi connectivity index (χ1v) is 12.1. The number of ether oxygens (including phenoxy) is 2. The van der Waals surface area contributed by atoms with Gasteiger partial charge in [0.25, 0.3) is 5.91 Å². The third kappa shape index (κ3) is 6.21. The van der Waals surface area contributed by atoms with Crippen molar-refractivity contribution < 1.29 is 31.9 Å². The average molecular weight is 527 g/mol. The van der Waals surface area contributed by atoms with Crippen molar-refractivity contribution in [3.63, 3.8) is 0 Å². The SMILES string of the molecule is COc1ccc(NC(=O)COC(=O)/C=C/c2ccc(Br)o2)cc1S(=O)(=O)N1CCCCC1. The molecule has 1 N–H and O–H groups in total. The summed E-state index contributed by atoms with van der Waals surface area (Å²) in [6, 6.07) is 7.66. The molecule has 1 aliphatic heterocycles. The molecule has 1 saturated heterocycles. The van der Waals surface area contributed by atoms with Gasteiger partial charge in [-0.05, 0) is 65.2 Å². The van der Waals surface area contributed by atoms with E-state index in [2.05, 4.69) is 21.2 Å². The number of furan rings is 1. The number of benzene rings is 1. The molecule has 32 heavy (non-hydrogen) atoms. The molecule has 0 aliphatic carbocycles. The number of methoxy groups -OCH3 is 1. The number of hydrogen-bond acceptors (Lipinski definition) is 7. The number of carbonyl (C=O) groups excluding carboxylic acids is 2. The minimum absolute atomic E-state index is 0.0239. The number of hydrogen-bond donors (Lipinski definition) is 1. The third-order valence-electron chi connectivity index (χ3n) is 4.70. The molecule has 2 heterocycles. The lowest BCUT2D eigenvalue weighted by atomic mass is 10.2. The zero-order valence-electron chi connectivity index (χ0n) is 17.4. The van der Waals surface area contributed by atoms with Gasteiger partial charge < -0.3 is 19.2 Å². The first-order valence-electron chi connectivity index (χ1n) is 9.88. The van der Waals surface area contributed by atoms with E-state index in [9.17, 15) is 18.0 Å². The highest BCUT2D eigenvalue weighted by Crippen LogP contribution is 2.31. The highest BCUT2D eigenvalue weighted by atomic mass is 79.9. The van der Waals surface area contributed by atoms with E-state index in [4.69, 9.17) is 13.9 Å². The van der Waals surface area contributed by atoms with Crippen LogP contribution in [0, 0.1) is 0 Å². The lowest BCUT2D eigenvalue weighted by molar-refractivity contribution is -0.142. The van der Waals surface area contributed by atoms with E-state index in [1.165, 1.54) is 35.7 Å². The molecule has 3 rings (SSSR count). The Labute approximate surface area is 194 Å². The van der Waals surface area contributed by atoms with Crippen LogP contribution < -0.4 is 10.1 Å². The molecule has 1 amide bonds. The lowest BCUT2D eigenvalue weighted by Gasteiger charge is -2.26. The minimum atomic E-state index is -3.77. The Balaban J connectivity index is 1.62. The van der Waals surface area contributed by atoms with Crippen molar-refractivity contribution in [2.45, 2.75) is 24.2 Å². The number of anilines is 1.